The van der Waals surface area contributed by atoms with Gasteiger partial charge in [0, 0.05) is 17.3 Å². The third-order valence-electron chi connectivity index (χ3n) is 3.91. The minimum Gasteiger partial charge on any atom is -0.399 e. The molecule has 1 aromatic carbocycles. The van der Waals surface area contributed by atoms with Gasteiger partial charge in [-0.25, -0.2) is 4.98 Å². The summed E-state index contributed by atoms with van der Waals surface area (Å²) in [5, 5.41) is 3.29. The number of nitrogens with one attached hydrogen (secondary N) is 1. The molecule has 0 bridgehead atoms. The monoisotopic (exact) mass is 313 g/mol. The Morgan fingerprint density at radius 1 is 1.04 bits per heavy atom. The molecule has 0 fully saturated rings. The number of nitrogens with zero attached hydrogens (tertiary/aromatic N) is 3. The second-order valence-electron chi connectivity index (χ2n) is 6.04. The highest BCUT2D eigenvalue weighted by molar-refractivity contribution is 5.63. The summed E-state index contributed by atoms with van der Waals surface area (Å²) in [5.74, 6) is 2.63. The maximum Gasteiger partial charge on any atom is 0.230 e. The van der Waals surface area contributed by atoms with E-state index in [0.717, 1.165) is 54.3 Å². The van der Waals surface area contributed by atoms with E-state index < -0.39 is 0 Å². The number of nitrogen functional groups attached to an aromatic ring is 1. The zero-order valence-electron chi connectivity index (χ0n) is 14.6. The van der Waals surface area contributed by atoms with Gasteiger partial charge in [0.2, 0.25) is 5.95 Å². The van der Waals surface area contributed by atoms with Gasteiger partial charge in [-0.15, -0.1) is 0 Å². The fraction of sp³-hybridized carbons (Fsp3) is 0.500. The summed E-state index contributed by atoms with van der Waals surface area (Å²) in [4.78, 5) is 13.7. The van der Waals surface area contributed by atoms with Crippen LogP contribution in [0.2, 0.25) is 0 Å². The van der Waals surface area contributed by atoms with E-state index >= 15 is 0 Å². The Kier molecular flexibility index (Phi) is 5.90. The third kappa shape index (κ3) is 4.65. The van der Waals surface area contributed by atoms with E-state index in [-0.39, 0.29) is 0 Å². The van der Waals surface area contributed by atoms with Crippen molar-refractivity contribution in [3.63, 3.8) is 0 Å². The van der Waals surface area contributed by atoms with Crippen LogP contribution in [-0.4, -0.2) is 15.0 Å². The molecule has 0 radical (unpaired) electrons. The minimum absolute atomic E-state index is 0.397. The first kappa shape index (κ1) is 17.2. The number of anilines is 3. The van der Waals surface area contributed by atoms with E-state index in [1.54, 1.807) is 0 Å². The van der Waals surface area contributed by atoms with Crippen molar-refractivity contribution >= 4 is 17.3 Å². The molecule has 0 aliphatic heterocycles. The van der Waals surface area contributed by atoms with Crippen LogP contribution in [0.1, 0.15) is 62.7 Å². The summed E-state index contributed by atoms with van der Waals surface area (Å²) in [6.07, 6.45) is 4.47. The van der Waals surface area contributed by atoms with E-state index in [9.17, 15) is 0 Å². The van der Waals surface area contributed by atoms with Gasteiger partial charge in [-0.1, -0.05) is 32.8 Å². The lowest BCUT2D eigenvalue weighted by molar-refractivity contribution is 0.530. The van der Waals surface area contributed by atoms with Crippen LogP contribution in [0, 0.1) is 13.8 Å². The zero-order valence-corrected chi connectivity index (χ0v) is 14.6. The van der Waals surface area contributed by atoms with Crippen molar-refractivity contribution in [1.82, 2.24) is 15.0 Å². The van der Waals surface area contributed by atoms with Gasteiger partial charge < -0.3 is 11.1 Å². The summed E-state index contributed by atoms with van der Waals surface area (Å²) in [5.41, 5.74) is 8.64. The lowest BCUT2D eigenvalue weighted by Gasteiger charge is -2.16. The molecule has 23 heavy (non-hydrogen) atoms. The molecule has 0 amide bonds. The molecular weight excluding hydrogens is 286 g/mol. The van der Waals surface area contributed by atoms with Crippen molar-refractivity contribution in [3.05, 3.63) is 35.4 Å². The van der Waals surface area contributed by atoms with Crippen LogP contribution in [0.5, 0.6) is 0 Å². The molecular formula is C18H27N5. The van der Waals surface area contributed by atoms with E-state index in [0.29, 0.717) is 11.9 Å². The molecule has 0 atom stereocenters. The molecule has 3 N–H and O–H groups in total. The molecule has 5 nitrogen and oxygen atoms in total. The Morgan fingerprint density at radius 3 is 2.39 bits per heavy atom. The molecule has 1 aromatic heterocycles. The number of aryl methyl sites for hydroxylation is 2. The second-order valence-corrected chi connectivity index (χ2v) is 6.04. The number of nitrogens with two attached hydrogens (primary N) is 1. The van der Waals surface area contributed by atoms with Crippen LogP contribution >= 0.6 is 0 Å². The number of hydrogen-bond donors (Lipinski definition) is 2. The molecule has 0 saturated heterocycles. The van der Waals surface area contributed by atoms with Crippen LogP contribution in [0.15, 0.2) is 18.2 Å². The van der Waals surface area contributed by atoms with Crippen LogP contribution in [0.4, 0.5) is 17.3 Å². The maximum atomic E-state index is 5.88. The fourth-order valence-electron chi connectivity index (χ4n) is 2.74. The quantitative estimate of drug-likeness (QED) is 0.736. The molecule has 0 saturated carbocycles. The lowest BCUT2D eigenvalue weighted by Crippen LogP contribution is -2.10. The summed E-state index contributed by atoms with van der Waals surface area (Å²) < 4.78 is 0. The predicted octanol–water partition coefficient (Wildman–Crippen LogP) is 4.50. The highest BCUT2D eigenvalue weighted by Crippen LogP contribution is 2.26. The normalized spacial score (nSPS) is 11.0. The van der Waals surface area contributed by atoms with E-state index in [1.165, 1.54) is 0 Å². The van der Waals surface area contributed by atoms with Crippen molar-refractivity contribution < 1.29 is 0 Å². The van der Waals surface area contributed by atoms with Crippen LogP contribution < -0.4 is 11.1 Å². The Balaban J connectivity index is 2.30. The van der Waals surface area contributed by atoms with Crippen LogP contribution in [-0.2, 0) is 0 Å². The number of aromatic nitrogens is 3. The molecule has 0 aliphatic carbocycles. The first-order chi connectivity index (χ1) is 11.0. The lowest BCUT2D eigenvalue weighted by atomic mass is 9.97. The van der Waals surface area contributed by atoms with Crippen LogP contribution in [0.3, 0.4) is 0 Å². The van der Waals surface area contributed by atoms with E-state index in [4.69, 9.17) is 5.73 Å². The standard InChI is InChI=1S/C18H27N5/c1-5-7-14(8-6-2)17-20-13(4)21-18(23-17)22-16-11-15(19)10-9-12(16)3/h9-11,14H,5-8,19H2,1-4H3,(H,20,21,22,23). The first-order valence-corrected chi connectivity index (χ1v) is 8.39. The van der Waals surface area contributed by atoms with Gasteiger partial charge in [0.05, 0.1) is 0 Å². The maximum absolute atomic E-state index is 5.88. The largest absolute Gasteiger partial charge is 0.399 e. The van der Waals surface area contributed by atoms with Gasteiger partial charge in [-0.05, 0) is 44.4 Å². The summed E-state index contributed by atoms with van der Waals surface area (Å²) >= 11 is 0. The smallest absolute Gasteiger partial charge is 0.230 e. The molecule has 2 aromatic rings. The molecule has 2 rings (SSSR count). The SMILES string of the molecule is CCCC(CCC)c1nc(C)nc(Nc2cc(N)ccc2C)n1. The summed E-state index contributed by atoms with van der Waals surface area (Å²) in [6, 6.07) is 5.79. The van der Waals surface area contributed by atoms with Gasteiger partial charge in [0.15, 0.2) is 0 Å². The van der Waals surface area contributed by atoms with Gasteiger partial charge in [-0.2, -0.15) is 9.97 Å². The molecule has 0 spiro atoms. The minimum atomic E-state index is 0.397. The van der Waals surface area contributed by atoms with E-state index in [1.807, 2.05) is 32.0 Å². The third-order valence-corrected chi connectivity index (χ3v) is 3.91. The van der Waals surface area contributed by atoms with Crippen LogP contribution in [0.25, 0.3) is 0 Å². The van der Waals surface area contributed by atoms with Gasteiger partial charge in [-0.3, -0.25) is 0 Å². The first-order valence-electron chi connectivity index (χ1n) is 8.39. The Bertz CT molecular complexity index is 648. The molecule has 124 valence electrons. The topological polar surface area (TPSA) is 76.7 Å². The number of benzene rings is 1. The molecule has 0 unspecified atom stereocenters. The average Bonchev–Trinajstić information content (AvgIpc) is 2.50. The van der Waals surface area contributed by atoms with Crippen molar-refractivity contribution in [2.24, 2.45) is 0 Å². The van der Waals surface area contributed by atoms with Gasteiger partial charge in [0.1, 0.15) is 11.6 Å². The van der Waals surface area contributed by atoms with Gasteiger partial charge in [0.25, 0.3) is 0 Å². The Labute approximate surface area is 138 Å². The van der Waals surface area contributed by atoms with Crippen molar-refractivity contribution in [2.75, 3.05) is 11.1 Å². The molecule has 0 aliphatic rings. The summed E-state index contributed by atoms with van der Waals surface area (Å²) in [6.45, 7) is 8.35. The molecule has 1 heterocycles. The second kappa shape index (κ2) is 7.90. The van der Waals surface area contributed by atoms with Gasteiger partial charge >= 0.3 is 0 Å². The highest BCUT2D eigenvalue weighted by atomic mass is 15.2. The van der Waals surface area contributed by atoms with Crippen molar-refractivity contribution in [2.45, 2.75) is 59.3 Å². The van der Waals surface area contributed by atoms with E-state index in [2.05, 4.69) is 34.1 Å². The fourth-order valence-corrected chi connectivity index (χ4v) is 2.74. The summed E-state index contributed by atoms with van der Waals surface area (Å²) in [7, 11) is 0. The van der Waals surface area contributed by atoms with Crippen molar-refractivity contribution in [1.29, 1.82) is 0 Å². The molecule has 5 heteroatoms. The predicted molar refractivity (Wildman–Crippen MR) is 96.0 cm³/mol. The Morgan fingerprint density at radius 2 is 1.74 bits per heavy atom. The number of hydrogen-bond acceptors (Lipinski definition) is 5. The highest BCUT2D eigenvalue weighted by Gasteiger charge is 2.15. The zero-order chi connectivity index (χ0) is 16.8. The van der Waals surface area contributed by atoms with Crippen molar-refractivity contribution in [3.8, 4) is 0 Å². The Hall–Kier alpha value is -2.17. The number of rotatable bonds is 7. The average molecular weight is 313 g/mol.